The number of carbonyl (C=O) groups excluding carboxylic acids is 2. The molecule has 0 radical (unpaired) electrons. The van der Waals surface area contributed by atoms with Crippen molar-refractivity contribution in [3.05, 3.63) is 35.9 Å². The summed E-state index contributed by atoms with van der Waals surface area (Å²) < 4.78 is 0. The molecule has 2 fully saturated rings. The molecule has 2 atom stereocenters. The Balaban J connectivity index is 1.62. The summed E-state index contributed by atoms with van der Waals surface area (Å²) >= 11 is 0. The van der Waals surface area contributed by atoms with E-state index in [2.05, 4.69) is 10.6 Å². The van der Waals surface area contributed by atoms with Crippen LogP contribution in [0.1, 0.15) is 56.9 Å². The summed E-state index contributed by atoms with van der Waals surface area (Å²) in [6, 6.07) is 10.0. The highest BCUT2D eigenvalue weighted by Crippen LogP contribution is 2.30. The lowest BCUT2D eigenvalue weighted by Gasteiger charge is -2.40. The minimum absolute atomic E-state index is 0.0256. The molecule has 2 aliphatic carbocycles. The highest BCUT2D eigenvalue weighted by molar-refractivity contribution is 5.85. The van der Waals surface area contributed by atoms with Gasteiger partial charge in [0.2, 0.25) is 11.8 Å². The van der Waals surface area contributed by atoms with Crippen molar-refractivity contribution in [3.8, 4) is 0 Å². The second kappa shape index (κ2) is 8.00. The van der Waals surface area contributed by atoms with Crippen LogP contribution in [-0.2, 0) is 16.1 Å². The van der Waals surface area contributed by atoms with Gasteiger partial charge in [-0.25, -0.2) is 0 Å². The Morgan fingerprint density at radius 3 is 2.48 bits per heavy atom. The Hall–Kier alpha value is -1.88. The highest BCUT2D eigenvalue weighted by atomic mass is 16.2. The van der Waals surface area contributed by atoms with Crippen LogP contribution >= 0.6 is 0 Å². The van der Waals surface area contributed by atoms with Gasteiger partial charge in [-0.1, -0.05) is 43.2 Å². The van der Waals surface area contributed by atoms with E-state index in [4.69, 9.17) is 5.73 Å². The lowest BCUT2D eigenvalue weighted by Crippen LogP contribution is -2.60. The molecular formula is C20H29N3O2. The molecule has 3 rings (SSSR count). The number of hydrogen-bond donors (Lipinski definition) is 3. The fraction of sp³-hybridized carbons (Fsp3) is 0.600. The second-order valence-electron chi connectivity index (χ2n) is 7.57. The van der Waals surface area contributed by atoms with Crippen molar-refractivity contribution < 1.29 is 9.59 Å². The minimum Gasteiger partial charge on any atom is -0.368 e. The van der Waals surface area contributed by atoms with Gasteiger partial charge >= 0.3 is 0 Å². The van der Waals surface area contributed by atoms with E-state index in [0.717, 1.165) is 50.5 Å². The zero-order valence-corrected chi connectivity index (χ0v) is 14.8. The molecule has 0 saturated heterocycles. The molecule has 1 aromatic rings. The summed E-state index contributed by atoms with van der Waals surface area (Å²) in [5.74, 6) is -0.00346. The maximum absolute atomic E-state index is 12.4. The third-order valence-electron chi connectivity index (χ3n) is 5.77. The van der Waals surface area contributed by atoms with Gasteiger partial charge in [0.15, 0.2) is 0 Å². The summed E-state index contributed by atoms with van der Waals surface area (Å²) in [6.45, 7) is 0.604. The molecule has 5 nitrogen and oxygen atoms in total. The van der Waals surface area contributed by atoms with Crippen LogP contribution < -0.4 is 16.4 Å². The first-order chi connectivity index (χ1) is 12.1. The van der Waals surface area contributed by atoms with Gasteiger partial charge in [0.1, 0.15) is 0 Å². The number of primary amides is 1. The maximum atomic E-state index is 12.4. The van der Waals surface area contributed by atoms with Gasteiger partial charge in [0.25, 0.3) is 0 Å². The van der Waals surface area contributed by atoms with E-state index < -0.39 is 5.54 Å². The summed E-state index contributed by atoms with van der Waals surface area (Å²) in [6.07, 6.45) is 7.39. The molecule has 0 heterocycles. The average molecular weight is 343 g/mol. The highest BCUT2D eigenvalue weighted by Gasteiger charge is 2.41. The molecule has 0 aliphatic heterocycles. The van der Waals surface area contributed by atoms with Gasteiger partial charge in [-0.3, -0.25) is 14.9 Å². The molecule has 0 spiro atoms. The number of benzene rings is 1. The number of hydrogen-bond acceptors (Lipinski definition) is 3. The van der Waals surface area contributed by atoms with Crippen LogP contribution in [0.15, 0.2) is 30.3 Å². The van der Waals surface area contributed by atoms with Gasteiger partial charge in [-0.05, 0) is 44.1 Å². The van der Waals surface area contributed by atoms with Crippen molar-refractivity contribution >= 4 is 11.8 Å². The maximum Gasteiger partial charge on any atom is 0.237 e. The predicted molar refractivity (Wildman–Crippen MR) is 97.6 cm³/mol. The van der Waals surface area contributed by atoms with Crippen molar-refractivity contribution in [2.45, 2.75) is 69.5 Å². The van der Waals surface area contributed by atoms with Crippen LogP contribution in [0.4, 0.5) is 0 Å². The Labute approximate surface area is 149 Å². The van der Waals surface area contributed by atoms with E-state index in [1.54, 1.807) is 0 Å². The van der Waals surface area contributed by atoms with Gasteiger partial charge in [-0.15, -0.1) is 0 Å². The first-order valence-corrected chi connectivity index (χ1v) is 9.48. The molecule has 4 N–H and O–H groups in total. The van der Waals surface area contributed by atoms with Gasteiger partial charge in [0, 0.05) is 18.5 Å². The molecular weight excluding hydrogens is 314 g/mol. The molecule has 2 unspecified atom stereocenters. The molecule has 0 aromatic heterocycles. The summed E-state index contributed by atoms with van der Waals surface area (Å²) in [5, 5.41) is 6.58. The van der Waals surface area contributed by atoms with E-state index in [9.17, 15) is 9.59 Å². The van der Waals surface area contributed by atoms with E-state index in [-0.39, 0.29) is 23.8 Å². The Morgan fingerprint density at radius 1 is 1.08 bits per heavy atom. The Kier molecular flexibility index (Phi) is 5.74. The average Bonchev–Trinajstić information content (AvgIpc) is 3.16. The van der Waals surface area contributed by atoms with Crippen LogP contribution in [0.25, 0.3) is 0 Å². The largest absolute Gasteiger partial charge is 0.368 e. The first-order valence-electron chi connectivity index (χ1n) is 9.48. The van der Waals surface area contributed by atoms with Crippen LogP contribution in [0, 0.1) is 5.92 Å². The topological polar surface area (TPSA) is 84.2 Å². The Morgan fingerprint density at radius 2 is 1.80 bits per heavy atom. The predicted octanol–water partition coefficient (Wildman–Crippen LogP) is 2.25. The fourth-order valence-electron chi connectivity index (χ4n) is 4.24. The van der Waals surface area contributed by atoms with Crippen LogP contribution in [0.2, 0.25) is 0 Å². The van der Waals surface area contributed by atoms with Crippen molar-refractivity contribution in [3.63, 3.8) is 0 Å². The number of amides is 2. The van der Waals surface area contributed by atoms with Gasteiger partial charge in [0.05, 0.1) is 5.54 Å². The van der Waals surface area contributed by atoms with E-state index in [0.29, 0.717) is 13.0 Å². The summed E-state index contributed by atoms with van der Waals surface area (Å²) in [7, 11) is 0. The van der Waals surface area contributed by atoms with E-state index in [1.165, 1.54) is 0 Å². The van der Waals surface area contributed by atoms with Crippen molar-refractivity contribution in [2.75, 3.05) is 0 Å². The minimum atomic E-state index is -0.734. The third kappa shape index (κ3) is 4.40. The van der Waals surface area contributed by atoms with E-state index >= 15 is 0 Å². The zero-order valence-electron chi connectivity index (χ0n) is 14.8. The third-order valence-corrected chi connectivity index (χ3v) is 5.77. The van der Waals surface area contributed by atoms with Crippen molar-refractivity contribution in [1.29, 1.82) is 0 Å². The lowest BCUT2D eigenvalue weighted by molar-refractivity contribution is -0.129. The molecule has 5 heteroatoms. The number of carbonyl (C=O) groups is 2. The fourth-order valence-corrected chi connectivity index (χ4v) is 4.24. The number of nitrogens with one attached hydrogen (secondary N) is 2. The monoisotopic (exact) mass is 343 g/mol. The lowest BCUT2D eigenvalue weighted by atomic mass is 9.78. The number of rotatable bonds is 6. The summed E-state index contributed by atoms with van der Waals surface area (Å²) in [4.78, 5) is 24.7. The standard InChI is InChI=1S/C20H29N3O2/c21-19(25)20(22-14-15-7-2-1-3-8-15)12-6-11-17(13-20)23-18(24)16-9-4-5-10-16/h1-3,7-8,16-17,22H,4-6,9-14H2,(H2,21,25)(H,23,24). The first kappa shape index (κ1) is 17.9. The van der Waals surface area contributed by atoms with Crippen molar-refractivity contribution in [2.24, 2.45) is 11.7 Å². The zero-order chi connectivity index (χ0) is 17.7. The van der Waals surface area contributed by atoms with Crippen LogP contribution in [0.3, 0.4) is 0 Å². The SMILES string of the molecule is NC(=O)C1(NCc2ccccc2)CCCC(NC(=O)C2CCCC2)C1. The molecule has 1 aromatic carbocycles. The summed E-state index contributed by atoms with van der Waals surface area (Å²) in [5.41, 5.74) is 6.16. The normalized spacial score (nSPS) is 27.1. The molecule has 2 aliphatic rings. The number of nitrogens with two attached hydrogens (primary N) is 1. The Bertz CT molecular complexity index is 598. The van der Waals surface area contributed by atoms with Crippen molar-refractivity contribution in [1.82, 2.24) is 10.6 Å². The van der Waals surface area contributed by atoms with Gasteiger partial charge < -0.3 is 11.1 Å². The van der Waals surface area contributed by atoms with Crippen LogP contribution in [0.5, 0.6) is 0 Å². The van der Waals surface area contributed by atoms with Gasteiger partial charge in [-0.2, -0.15) is 0 Å². The second-order valence-corrected chi connectivity index (χ2v) is 7.57. The molecule has 25 heavy (non-hydrogen) atoms. The molecule has 2 saturated carbocycles. The quantitative estimate of drug-likeness (QED) is 0.741. The van der Waals surface area contributed by atoms with Crippen LogP contribution in [-0.4, -0.2) is 23.4 Å². The molecule has 136 valence electrons. The molecule has 0 bridgehead atoms. The van der Waals surface area contributed by atoms with E-state index in [1.807, 2.05) is 30.3 Å². The molecule has 2 amide bonds. The smallest absolute Gasteiger partial charge is 0.237 e.